The van der Waals surface area contributed by atoms with Crippen molar-refractivity contribution < 1.29 is 18.0 Å². The highest BCUT2D eigenvalue weighted by molar-refractivity contribution is 6.30. The van der Waals surface area contributed by atoms with Crippen LogP contribution in [0, 0.1) is 11.8 Å². The van der Waals surface area contributed by atoms with E-state index in [1.165, 1.54) is 4.68 Å². The number of hydrogen-bond acceptors (Lipinski definition) is 3. The maximum atomic E-state index is 13.0. The molecule has 124 valence electrons. The van der Waals surface area contributed by atoms with Crippen LogP contribution < -0.4 is 5.73 Å². The van der Waals surface area contributed by atoms with Crippen molar-refractivity contribution in [3.63, 3.8) is 0 Å². The second-order valence-electron chi connectivity index (χ2n) is 5.54. The molecule has 22 heavy (non-hydrogen) atoms. The van der Waals surface area contributed by atoms with E-state index in [0.717, 1.165) is 5.69 Å². The fraction of sp³-hybridized carbons (Fsp3) is 0.692. The third-order valence-corrected chi connectivity index (χ3v) is 4.52. The topological polar surface area (TPSA) is 64.2 Å². The Labute approximate surface area is 131 Å². The lowest BCUT2D eigenvalue weighted by atomic mass is 9.95. The number of nitrogens with two attached hydrogens (primary N) is 1. The van der Waals surface area contributed by atoms with Gasteiger partial charge in [0.25, 0.3) is 0 Å². The molecule has 2 atom stereocenters. The van der Waals surface area contributed by atoms with Crippen molar-refractivity contribution in [3.8, 4) is 0 Å². The molecule has 1 fully saturated rings. The van der Waals surface area contributed by atoms with Crippen LogP contribution in [0.1, 0.15) is 18.2 Å². The van der Waals surface area contributed by atoms with Crippen LogP contribution in [-0.2, 0) is 24.8 Å². The number of aromatic nitrogens is 2. The number of carbonyl (C=O) groups excluding carboxylic acids is 1. The van der Waals surface area contributed by atoms with E-state index in [1.807, 2.05) is 6.92 Å². The van der Waals surface area contributed by atoms with Gasteiger partial charge in [-0.1, -0.05) is 18.5 Å². The molecule has 0 aromatic carbocycles. The summed E-state index contributed by atoms with van der Waals surface area (Å²) >= 11 is 6.16. The van der Waals surface area contributed by atoms with Crippen molar-refractivity contribution in [1.29, 1.82) is 0 Å². The SMILES string of the molecule is CCc1nn(C)c(Cl)c1CN1C[C@@H](C(F)(F)F)[C@H](C(N)=O)C1. The first kappa shape index (κ1) is 17.1. The van der Waals surface area contributed by atoms with E-state index in [1.54, 1.807) is 11.9 Å². The quantitative estimate of drug-likeness (QED) is 0.909. The molecule has 2 heterocycles. The minimum atomic E-state index is -4.44. The zero-order valence-corrected chi connectivity index (χ0v) is 13.1. The van der Waals surface area contributed by atoms with Gasteiger partial charge >= 0.3 is 6.18 Å². The standard InChI is InChI=1S/C13H18ClF3N4O/c1-3-10-8(11(14)20(2)19-10)5-21-4-7(12(18)22)9(6-21)13(15,16)17/h7,9H,3-6H2,1-2H3,(H2,18,22)/t7-,9-/m1/s1. The van der Waals surface area contributed by atoms with Crippen molar-refractivity contribution in [2.75, 3.05) is 13.1 Å². The summed E-state index contributed by atoms with van der Waals surface area (Å²) in [5, 5.41) is 4.64. The predicted molar refractivity (Wildman–Crippen MR) is 75.1 cm³/mol. The fourth-order valence-electron chi connectivity index (χ4n) is 2.90. The molecule has 1 aliphatic heterocycles. The third kappa shape index (κ3) is 3.22. The Morgan fingerprint density at radius 1 is 1.45 bits per heavy atom. The summed E-state index contributed by atoms with van der Waals surface area (Å²) in [6.07, 6.45) is -3.81. The molecule has 0 bridgehead atoms. The van der Waals surface area contributed by atoms with Gasteiger partial charge in [0.05, 0.1) is 17.5 Å². The molecule has 0 unspecified atom stereocenters. The van der Waals surface area contributed by atoms with E-state index < -0.39 is 23.9 Å². The van der Waals surface area contributed by atoms with Gasteiger partial charge in [-0.3, -0.25) is 14.4 Å². The van der Waals surface area contributed by atoms with Gasteiger partial charge in [-0.15, -0.1) is 0 Å². The van der Waals surface area contributed by atoms with Gasteiger partial charge in [-0.05, 0) is 6.42 Å². The highest BCUT2D eigenvalue weighted by Gasteiger charge is 2.51. The number of primary amides is 1. The summed E-state index contributed by atoms with van der Waals surface area (Å²) in [5.74, 6) is -3.87. The van der Waals surface area contributed by atoms with Crippen molar-refractivity contribution in [3.05, 3.63) is 16.4 Å². The van der Waals surface area contributed by atoms with Crippen molar-refractivity contribution >= 4 is 17.5 Å². The number of amides is 1. The Kier molecular flexibility index (Phi) is 4.72. The predicted octanol–water partition coefficient (Wildman–Crippen LogP) is 1.73. The zero-order chi connectivity index (χ0) is 16.7. The van der Waals surface area contributed by atoms with E-state index in [-0.39, 0.29) is 19.6 Å². The van der Waals surface area contributed by atoms with E-state index in [4.69, 9.17) is 17.3 Å². The molecule has 5 nitrogen and oxygen atoms in total. The Hall–Kier alpha value is -1.28. The zero-order valence-electron chi connectivity index (χ0n) is 12.3. The second kappa shape index (κ2) is 6.08. The van der Waals surface area contributed by atoms with Crippen LogP contribution in [-0.4, -0.2) is 39.9 Å². The molecular weight excluding hydrogens is 321 g/mol. The number of aryl methyl sites for hydroxylation is 2. The first-order valence-electron chi connectivity index (χ1n) is 6.93. The summed E-state index contributed by atoms with van der Waals surface area (Å²) in [4.78, 5) is 12.9. The second-order valence-corrected chi connectivity index (χ2v) is 5.90. The van der Waals surface area contributed by atoms with Crippen LogP contribution >= 0.6 is 11.6 Å². The number of alkyl halides is 3. The van der Waals surface area contributed by atoms with Crippen LogP contribution in [0.3, 0.4) is 0 Å². The lowest BCUT2D eigenvalue weighted by Gasteiger charge is -2.18. The van der Waals surface area contributed by atoms with E-state index in [0.29, 0.717) is 17.1 Å². The number of carbonyl (C=O) groups is 1. The van der Waals surface area contributed by atoms with Crippen LogP contribution in [0.2, 0.25) is 5.15 Å². The Bertz CT molecular complexity index is 572. The smallest absolute Gasteiger partial charge is 0.369 e. The summed E-state index contributed by atoms with van der Waals surface area (Å²) in [6, 6.07) is 0. The summed E-state index contributed by atoms with van der Waals surface area (Å²) < 4.78 is 40.6. The number of nitrogens with zero attached hydrogens (tertiary/aromatic N) is 3. The van der Waals surface area contributed by atoms with Crippen LogP contribution in [0.25, 0.3) is 0 Å². The molecule has 1 aliphatic rings. The molecule has 0 radical (unpaired) electrons. The average molecular weight is 339 g/mol. The molecule has 0 aliphatic carbocycles. The maximum absolute atomic E-state index is 13.0. The van der Waals surface area contributed by atoms with Crippen LogP contribution in [0.5, 0.6) is 0 Å². The molecule has 1 saturated heterocycles. The Morgan fingerprint density at radius 3 is 2.55 bits per heavy atom. The minimum absolute atomic E-state index is 0.0200. The van der Waals surface area contributed by atoms with Gasteiger partial charge in [0.15, 0.2) is 0 Å². The van der Waals surface area contributed by atoms with Crippen LogP contribution in [0.15, 0.2) is 0 Å². The summed E-state index contributed by atoms with van der Waals surface area (Å²) in [6.45, 7) is 1.85. The Balaban J connectivity index is 2.20. The van der Waals surface area contributed by atoms with Gasteiger partial charge in [-0.25, -0.2) is 0 Å². The monoisotopic (exact) mass is 338 g/mol. The van der Waals surface area contributed by atoms with Gasteiger partial charge in [0, 0.05) is 32.2 Å². The largest absolute Gasteiger partial charge is 0.393 e. The molecule has 1 amide bonds. The third-order valence-electron chi connectivity index (χ3n) is 4.05. The highest BCUT2D eigenvalue weighted by Crippen LogP contribution is 2.38. The minimum Gasteiger partial charge on any atom is -0.369 e. The van der Waals surface area contributed by atoms with Gasteiger partial charge in [0.2, 0.25) is 5.91 Å². The van der Waals surface area contributed by atoms with E-state index in [2.05, 4.69) is 5.10 Å². The molecule has 1 aromatic rings. The van der Waals surface area contributed by atoms with Crippen molar-refractivity contribution in [2.24, 2.45) is 24.6 Å². The maximum Gasteiger partial charge on any atom is 0.393 e. The normalized spacial score (nSPS) is 23.2. The van der Waals surface area contributed by atoms with Crippen LogP contribution in [0.4, 0.5) is 13.2 Å². The first-order chi connectivity index (χ1) is 10.1. The lowest BCUT2D eigenvalue weighted by molar-refractivity contribution is -0.182. The van der Waals surface area contributed by atoms with E-state index >= 15 is 0 Å². The van der Waals surface area contributed by atoms with Crippen molar-refractivity contribution in [1.82, 2.24) is 14.7 Å². The summed E-state index contributed by atoms with van der Waals surface area (Å²) in [5.41, 5.74) is 6.58. The van der Waals surface area contributed by atoms with Gasteiger partial charge < -0.3 is 5.73 Å². The molecule has 1 aromatic heterocycles. The number of halogens is 4. The number of likely N-dealkylation sites (tertiary alicyclic amines) is 1. The lowest BCUT2D eigenvalue weighted by Crippen LogP contribution is -2.37. The highest BCUT2D eigenvalue weighted by atomic mass is 35.5. The first-order valence-corrected chi connectivity index (χ1v) is 7.31. The Morgan fingerprint density at radius 2 is 2.09 bits per heavy atom. The molecule has 0 saturated carbocycles. The number of hydrogen-bond donors (Lipinski definition) is 1. The molecule has 2 rings (SSSR count). The fourth-order valence-corrected chi connectivity index (χ4v) is 3.10. The van der Waals surface area contributed by atoms with E-state index in [9.17, 15) is 18.0 Å². The number of rotatable bonds is 4. The molecule has 0 spiro atoms. The molecular formula is C13H18ClF3N4O. The van der Waals surface area contributed by atoms with Gasteiger partial charge in [-0.2, -0.15) is 18.3 Å². The molecule has 2 N–H and O–H groups in total. The van der Waals surface area contributed by atoms with Crippen molar-refractivity contribution in [2.45, 2.75) is 26.1 Å². The van der Waals surface area contributed by atoms with Gasteiger partial charge in [0.1, 0.15) is 5.15 Å². The molecule has 9 heteroatoms. The average Bonchev–Trinajstić information content (AvgIpc) is 2.95. The summed E-state index contributed by atoms with van der Waals surface area (Å²) in [7, 11) is 1.68.